The first-order chi connectivity index (χ1) is 11.3. The molecule has 3 heterocycles. The average Bonchev–Trinajstić information content (AvgIpc) is 2.96. The average molecular weight is 341 g/mol. The molecular weight excluding hydrogens is 331 g/mol. The Morgan fingerprint density at radius 2 is 2.04 bits per heavy atom. The molecule has 10 heteroatoms. The number of carbonyl (C=O) groups excluding carboxylic acids is 1. The summed E-state index contributed by atoms with van der Waals surface area (Å²) in [5.41, 5.74) is -2.02. The Hall–Kier alpha value is -2.91. The molecule has 1 amide bonds. The fourth-order valence-corrected chi connectivity index (χ4v) is 2.50. The van der Waals surface area contributed by atoms with Crippen LogP contribution < -0.4 is 0 Å². The Labute approximate surface area is 132 Å². The topological polar surface area (TPSA) is 96.5 Å². The molecule has 126 valence electrons. The molecule has 1 aliphatic rings. The summed E-state index contributed by atoms with van der Waals surface area (Å²) in [6, 6.07) is 1.87. The lowest BCUT2D eigenvalue weighted by molar-refractivity contribution is -0.138. The summed E-state index contributed by atoms with van der Waals surface area (Å²) in [4.78, 5) is 28.2. The number of carboxylic acids is 1. The molecule has 1 aliphatic heterocycles. The maximum absolute atomic E-state index is 13.0. The van der Waals surface area contributed by atoms with Gasteiger partial charge in [0.05, 0.1) is 12.1 Å². The van der Waals surface area contributed by atoms with Gasteiger partial charge in [0, 0.05) is 24.7 Å². The molecule has 0 aromatic carbocycles. The van der Waals surface area contributed by atoms with Crippen molar-refractivity contribution in [2.45, 2.75) is 19.1 Å². The third-order valence-corrected chi connectivity index (χ3v) is 3.63. The lowest BCUT2D eigenvalue weighted by Gasteiger charge is -2.26. The number of hydrogen-bond acceptors (Lipinski definition) is 5. The van der Waals surface area contributed by atoms with Gasteiger partial charge in [-0.3, -0.25) is 9.78 Å². The van der Waals surface area contributed by atoms with Gasteiger partial charge in [0.1, 0.15) is 11.5 Å². The summed E-state index contributed by atoms with van der Waals surface area (Å²) in [7, 11) is 0. The first-order valence-corrected chi connectivity index (χ1v) is 6.81. The monoisotopic (exact) mass is 341 g/mol. The van der Waals surface area contributed by atoms with Crippen LogP contribution in [0.2, 0.25) is 0 Å². The lowest BCUT2D eigenvalue weighted by Crippen LogP contribution is -2.37. The van der Waals surface area contributed by atoms with Crippen LogP contribution in [0.4, 0.5) is 13.2 Å². The van der Waals surface area contributed by atoms with Gasteiger partial charge in [-0.05, 0) is 12.1 Å². The van der Waals surface area contributed by atoms with Gasteiger partial charge in [-0.25, -0.2) is 4.79 Å². The van der Waals surface area contributed by atoms with Gasteiger partial charge in [0.15, 0.2) is 5.69 Å². The Bertz CT molecular complexity index is 816. The molecule has 0 bridgehead atoms. The fourth-order valence-electron chi connectivity index (χ4n) is 2.50. The van der Waals surface area contributed by atoms with Gasteiger partial charge in [0.2, 0.25) is 0 Å². The van der Waals surface area contributed by atoms with Gasteiger partial charge in [-0.1, -0.05) is 5.16 Å². The molecule has 3 rings (SSSR count). The van der Waals surface area contributed by atoms with Crippen molar-refractivity contribution in [3.63, 3.8) is 0 Å². The second kappa shape index (κ2) is 5.62. The summed E-state index contributed by atoms with van der Waals surface area (Å²) >= 11 is 0. The number of carbonyl (C=O) groups is 2. The van der Waals surface area contributed by atoms with Crippen LogP contribution in [0.15, 0.2) is 22.9 Å². The number of amides is 1. The van der Waals surface area contributed by atoms with Gasteiger partial charge in [-0.2, -0.15) is 13.2 Å². The molecule has 2 aromatic heterocycles. The van der Waals surface area contributed by atoms with Gasteiger partial charge >= 0.3 is 12.1 Å². The fraction of sp³-hybridized carbons (Fsp3) is 0.286. The van der Waals surface area contributed by atoms with E-state index < -0.39 is 29.3 Å². The largest absolute Gasteiger partial charge is 0.476 e. The van der Waals surface area contributed by atoms with E-state index in [9.17, 15) is 22.8 Å². The standard InChI is InChI=1S/C14H10F3N3O4/c15-14(16,17)8-2-1-4-18-11(8)12(21)20-5-3-9-7(6-20)10(13(22)23)19-24-9/h1-2,4H,3,5-6H2,(H,22,23). The van der Waals surface area contributed by atoms with E-state index in [4.69, 9.17) is 9.63 Å². The highest BCUT2D eigenvalue weighted by atomic mass is 19.4. The predicted octanol–water partition coefficient (Wildman–Crippen LogP) is 1.99. The second-order valence-electron chi connectivity index (χ2n) is 5.11. The molecule has 0 radical (unpaired) electrons. The van der Waals surface area contributed by atoms with Crippen LogP contribution in [0.1, 0.15) is 37.9 Å². The number of pyridine rings is 1. The van der Waals surface area contributed by atoms with E-state index in [0.717, 1.165) is 23.2 Å². The van der Waals surface area contributed by atoms with Gasteiger partial charge in [0.25, 0.3) is 5.91 Å². The third-order valence-electron chi connectivity index (χ3n) is 3.63. The van der Waals surface area contributed by atoms with E-state index in [0.29, 0.717) is 5.76 Å². The van der Waals surface area contributed by atoms with Crippen LogP contribution in [-0.4, -0.2) is 38.6 Å². The van der Waals surface area contributed by atoms with Crippen molar-refractivity contribution >= 4 is 11.9 Å². The van der Waals surface area contributed by atoms with E-state index >= 15 is 0 Å². The van der Waals surface area contributed by atoms with E-state index in [1.807, 2.05) is 0 Å². The number of alkyl halides is 3. The molecule has 24 heavy (non-hydrogen) atoms. The molecule has 0 fully saturated rings. The maximum Gasteiger partial charge on any atom is 0.418 e. The molecule has 1 N–H and O–H groups in total. The first-order valence-electron chi connectivity index (χ1n) is 6.81. The van der Waals surface area contributed by atoms with E-state index in [1.165, 1.54) is 0 Å². The lowest BCUT2D eigenvalue weighted by atomic mass is 10.0. The van der Waals surface area contributed by atoms with Crippen molar-refractivity contribution in [3.05, 3.63) is 46.6 Å². The van der Waals surface area contributed by atoms with E-state index in [1.54, 1.807) is 0 Å². The summed E-state index contributed by atoms with van der Waals surface area (Å²) in [5.74, 6) is -1.94. The van der Waals surface area contributed by atoms with Crippen molar-refractivity contribution in [1.29, 1.82) is 0 Å². The highest BCUT2D eigenvalue weighted by Crippen LogP contribution is 2.32. The zero-order valence-electron chi connectivity index (χ0n) is 12.0. The van der Waals surface area contributed by atoms with Crippen molar-refractivity contribution < 1.29 is 32.4 Å². The number of halogens is 3. The number of carboxylic acid groups (broad SMARTS) is 1. The Morgan fingerprint density at radius 1 is 1.29 bits per heavy atom. The van der Waals surface area contributed by atoms with Crippen molar-refractivity contribution in [3.8, 4) is 0 Å². The summed E-state index contributed by atoms with van der Waals surface area (Å²) in [5, 5.41) is 12.4. The smallest absolute Gasteiger partial charge is 0.418 e. The number of hydrogen-bond donors (Lipinski definition) is 1. The molecule has 0 saturated heterocycles. The predicted molar refractivity (Wildman–Crippen MR) is 71.1 cm³/mol. The van der Waals surface area contributed by atoms with E-state index in [2.05, 4.69) is 10.1 Å². The van der Waals surface area contributed by atoms with Crippen LogP contribution >= 0.6 is 0 Å². The Balaban J connectivity index is 1.93. The van der Waals surface area contributed by atoms with Crippen molar-refractivity contribution in [2.24, 2.45) is 0 Å². The molecule has 0 spiro atoms. The van der Waals surface area contributed by atoms with E-state index in [-0.39, 0.29) is 30.8 Å². The van der Waals surface area contributed by atoms with Crippen molar-refractivity contribution in [1.82, 2.24) is 15.0 Å². The van der Waals surface area contributed by atoms with Crippen LogP contribution in [0.25, 0.3) is 0 Å². The minimum absolute atomic E-state index is 0.0773. The SMILES string of the molecule is O=C(O)c1noc2c1CN(C(=O)c1ncccc1C(F)(F)F)CC2. The Morgan fingerprint density at radius 3 is 2.71 bits per heavy atom. The van der Waals surface area contributed by atoms with Crippen LogP contribution in [-0.2, 0) is 19.1 Å². The zero-order chi connectivity index (χ0) is 17.5. The third kappa shape index (κ3) is 2.70. The number of aromatic nitrogens is 2. The highest BCUT2D eigenvalue weighted by Gasteiger charge is 2.38. The molecule has 0 saturated carbocycles. The molecular formula is C14H10F3N3O4. The van der Waals surface area contributed by atoms with Crippen LogP contribution in [0.3, 0.4) is 0 Å². The number of rotatable bonds is 2. The maximum atomic E-state index is 13.0. The molecule has 0 unspecified atom stereocenters. The Kier molecular flexibility index (Phi) is 3.74. The molecule has 7 nitrogen and oxygen atoms in total. The number of aromatic carboxylic acids is 1. The summed E-state index contributed by atoms with van der Waals surface area (Å²) in [6.45, 7) is -0.124. The molecule has 0 aliphatic carbocycles. The van der Waals surface area contributed by atoms with Crippen molar-refractivity contribution in [2.75, 3.05) is 6.54 Å². The minimum atomic E-state index is -4.72. The first kappa shape index (κ1) is 16.0. The normalized spacial score (nSPS) is 14.4. The quantitative estimate of drug-likeness (QED) is 0.897. The highest BCUT2D eigenvalue weighted by molar-refractivity contribution is 5.94. The number of nitrogens with zero attached hydrogens (tertiary/aromatic N) is 3. The minimum Gasteiger partial charge on any atom is -0.476 e. The summed E-state index contributed by atoms with van der Waals surface area (Å²) < 4.78 is 44.0. The number of fused-ring (bicyclic) bond motifs is 1. The molecule has 0 atom stereocenters. The summed E-state index contributed by atoms with van der Waals surface area (Å²) in [6.07, 6.45) is -3.46. The van der Waals surface area contributed by atoms with Gasteiger partial charge in [-0.15, -0.1) is 0 Å². The molecule has 2 aromatic rings. The second-order valence-corrected chi connectivity index (χ2v) is 5.11. The van der Waals surface area contributed by atoms with Crippen LogP contribution in [0, 0.1) is 0 Å². The zero-order valence-corrected chi connectivity index (χ0v) is 12.0. The van der Waals surface area contributed by atoms with Crippen LogP contribution in [0.5, 0.6) is 0 Å². The van der Waals surface area contributed by atoms with Gasteiger partial charge < -0.3 is 14.5 Å².